The first-order valence-corrected chi connectivity index (χ1v) is 8.72. The van der Waals surface area contributed by atoms with Crippen molar-refractivity contribution < 1.29 is 13.2 Å². The van der Waals surface area contributed by atoms with Gasteiger partial charge in [-0.05, 0) is 26.7 Å². The molecule has 7 nitrogen and oxygen atoms in total. The second kappa shape index (κ2) is 5.35. The summed E-state index contributed by atoms with van der Waals surface area (Å²) in [5.41, 5.74) is 0.240. The summed E-state index contributed by atoms with van der Waals surface area (Å²) in [7, 11) is -3.55. The Bertz CT molecular complexity index is 607. The third-order valence-corrected chi connectivity index (χ3v) is 5.69. The predicted octanol–water partition coefficient (Wildman–Crippen LogP) is 0.461. The second-order valence-electron chi connectivity index (χ2n) is 6.33. The molecule has 8 heteroatoms. The quantitative estimate of drug-likeness (QED) is 0.824. The number of morpholine rings is 1. The SMILES string of the molecule is CC1(C)CN(S(=O)(=O)c2[nH]ncc2CNC2CC2)CCO1. The van der Waals surface area contributed by atoms with Gasteiger partial charge in [0.05, 0.1) is 18.4 Å². The Morgan fingerprint density at radius 1 is 1.52 bits per heavy atom. The fraction of sp³-hybridized carbons (Fsp3) is 0.769. The van der Waals surface area contributed by atoms with Gasteiger partial charge >= 0.3 is 0 Å². The predicted molar refractivity (Wildman–Crippen MR) is 77.2 cm³/mol. The maximum absolute atomic E-state index is 12.8. The maximum Gasteiger partial charge on any atom is 0.260 e. The smallest absolute Gasteiger partial charge is 0.260 e. The number of sulfonamides is 1. The molecule has 3 rings (SSSR count). The topological polar surface area (TPSA) is 87.3 Å². The first kappa shape index (κ1) is 15.0. The minimum Gasteiger partial charge on any atom is -0.373 e. The summed E-state index contributed by atoms with van der Waals surface area (Å²) < 4.78 is 32.6. The zero-order valence-electron chi connectivity index (χ0n) is 12.4. The van der Waals surface area contributed by atoms with Gasteiger partial charge in [0.1, 0.15) is 0 Å². The molecule has 21 heavy (non-hydrogen) atoms. The van der Waals surface area contributed by atoms with Crippen LogP contribution in [0, 0.1) is 0 Å². The van der Waals surface area contributed by atoms with E-state index in [9.17, 15) is 8.42 Å². The van der Waals surface area contributed by atoms with E-state index < -0.39 is 15.6 Å². The standard InChI is InChI=1S/C13H22N4O3S/c1-13(2)9-17(5-6-20-13)21(18,19)12-10(8-15-16-12)7-14-11-3-4-11/h8,11,14H,3-7,9H2,1-2H3,(H,15,16). The van der Waals surface area contributed by atoms with Crippen molar-refractivity contribution in [2.45, 2.75) is 49.9 Å². The highest BCUT2D eigenvalue weighted by Crippen LogP contribution is 2.25. The van der Waals surface area contributed by atoms with E-state index in [1.165, 1.54) is 4.31 Å². The van der Waals surface area contributed by atoms with E-state index in [0.717, 1.165) is 12.8 Å². The summed E-state index contributed by atoms with van der Waals surface area (Å²) in [6.45, 7) is 5.47. The summed E-state index contributed by atoms with van der Waals surface area (Å²) in [6, 6.07) is 0.526. The number of ether oxygens (including phenoxy) is 1. The van der Waals surface area contributed by atoms with Crippen LogP contribution >= 0.6 is 0 Å². The molecule has 1 saturated heterocycles. The summed E-state index contributed by atoms with van der Waals surface area (Å²) in [4.78, 5) is 0. The average Bonchev–Trinajstić information content (AvgIpc) is 3.11. The molecule has 0 spiro atoms. The number of nitrogens with zero attached hydrogens (tertiary/aromatic N) is 2. The Hall–Kier alpha value is -0.960. The molecule has 1 aliphatic carbocycles. The third-order valence-electron chi connectivity index (χ3n) is 3.83. The minimum absolute atomic E-state index is 0.202. The molecule has 1 aliphatic heterocycles. The average molecular weight is 314 g/mol. The van der Waals surface area contributed by atoms with Gasteiger partial charge in [-0.1, -0.05) is 0 Å². The molecule has 0 atom stereocenters. The van der Waals surface area contributed by atoms with Gasteiger partial charge in [-0.25, -0.2) is 8.42 Å². The van der Waals surface area contributed by atoms with Gasteiger partial charge < -0.3 is 10.1 Å². The van der Waals surface area contributed by atoms with Crippen molar-refractivity contribution in [3.05, 3.63) is 11.8 Å². The van der Waals surface area contributed by atoms with Gasteiger partial charge in [0.15, 0.2) is 5.03 Å². The van der Waals surface area contributed by atoms with Crippen molar-refractivity contribution >= 4 is 10.0 Å². The Balaban J connectivity index is 1.79. The number of H-pyrrole nitrogens is 1. The third kappa shape index (κ3) is 3.28. The highest BCUT2D eigenvalue weighted by atomic mass is 32.2. The molecule has 1 saturated carbocycles. The van der Waals surface area contributed by atoms with E-state index in [-0.39, 0.29) is 5.03 Å². The van der Waals surface area contributed by atoms with Crippen LogP contribution in [-0.2, 0) is 21.3 Å². The zero-order valence-corrected chi connectivity index (χ0v) is 13.2. The Labute approximate surface area is 125 Å². The second-order valence-corrected chi connectivity index (χ2v) is 8.20. The van der Waals surface area contributed by atoms with E-state index in [1.54, 1.807) is 6.20 Å². The molecule has 1 aromatic rings. The highest BCUT2D eigenvalue weighted by Gasteiger charge is 2.36. The number of rotatable bonds is 5. The van der Waals surface area contributed by atoms with E-state index in [0.29, 0.717) is 37.8 Å². The number of hydrogen-bond donors (Lipinski definition) is 2. The van der Waals surface area contributed by atoms with Crippen molar-refractivity contribution in [3.63, 3.8) is 0 Å². The van der Waals surface area contributed by atoms with Crippen LogP contribution in [0.1, 0.15) is 32.3 Å². The lowest BCUT2D eigenvalue weighted by atomic mass is 10.1. The molecule has 0 bridgehead atoms. The van der Waals surface area contributed by atoms with E-state index >= 15 is 0 Å². The minimum atomic E-state index is -3.55. The van der Waals surface area contributed by atoms with Crippen molar-refractivity contribution in [3.8, 4) is 0 Å². The van der Waals surface area contributed by atoms with Crippen molar-refractivity contribution in [1.29, 1.82) is 0 Å². The molecular weight excluding hydrogens is 292 g/mol. The van der Waals surface area contributed by atoms with Crippen molar-refractivity contribution in [1.82, 2.24) is 19.8 Å². The Kier molecular flexibility index (Phi) is 3.81. The van der Waals surface area contributed by atoms with E-state index in [1.807, 2.05) is 13.8 Å². The fourth-order valence-corrected chi connectivity index (χ4v) is 4.18. The summed E-state index contributed by atoms with van der Waals surface area (Å²) in [5, 5.41) is 10.1. The maximum atomic E-state index is 12.8. The monoisotopic (exact) mass is 314 g/mol. The largest absolute Gasteiger partial charge is 0.373 e. The van der Waals surface area contributed by atoms with Crippen LogP contribution in [0.25, 0.3) is 0 Å². The number of nitrogens with one attached hydrogen (secondary N) is 2. The normalized spacial score (nSPS) is 23.3. The van der Waals surface area contributed by atoms with Crippen LogP contribution in [0.3, 0.4) is 0 Å². The molecule has 1 aromatic heterocycles. The fourth-order valence-electron chi connectivity index (χ4n) is 2.50. The lowest BCUT2D eigenvalue weighted by molar-refractivity contribution is -0.0640. The van der Waals surface area contributed by atoms with Crippen LogP contribution in [0.15, 0.2) is 11.2 Å². The first-order chi connectivity index (χ1) is 9.88. The van der Waals surface area contributed by atoms with Gasteiger partial charge in [-0.2, -0.15) is 9.40 Å². The first-order valence-electron chi connectivity index (χ1n) is 7.28. The van der Waals surface area contributed by atoms with Crippen LogP contribution in [0.2, 0.25) is 0 Å². The van der Waals surface area contributed by atoms with Gasteiger partial charge in [-0.15, -0.1) is 0 Å². The molecule has 118 valence electrons. The summed E-state index contributed by atoms with van der Waals surface area (Å²) in [6.07, 6.45) is 3.92. The van der Waals surface area contributed by atoms with E-state index in [2.05, 4.69) is 15.5 Å². The molecule has 2 aliphatic rings. The molecular formula is C13H22N4O3S. The van der Waals surface area contributed by atoms with Gasteiger partial charge in [0.25, 0.3) is 10.0 Å². The molecule has 2 heterocycles. The number of hydrogen-bond acceptors (Lipinski definition) is 5. The number of aromatic nitrogens is 2. The molecule has 0 amide bonds. The van der Waals surface area contributed by atoms with E-state index in [4.69, 9.17) is 4.74 Å². The Morgan fingerprint density at radius 3 is 2.95 bits per heavy atom. The molecule has 0 radical (unpaired) electrons. The van der Waals surface area contributed by atoms with Crippen LogP contribution in [0.5, 0.6) is 0 Å². The summed E-state index contributed by atoms with van der Waals surface area (Å²) in [5.74, 6) is 0. The lowest BCUT2D eigenvalue weighted by Crippen LogP contribution is -2.50. The van der Waals surface area contributed by atoms with Gasteiger partial charge in [-0.3, -0.25) is 5.10 Å². The van der Waals surface area contributed by atoms with Crippen molar-refractivity contribution in [2.24, 2.45) is 0 Å². The van der Waals surface area contributed by atoms with Crippen molar-refractivity contribution in [2.75, 3.05) is 19.7 Å². The van der Waals surface area contributed by atoms with Gasteiger partial charge in [0.2, 0.25) is 0 Å². The lowest BCUT2D eigenvalue weighted by Gasteiger charge is -2.37. The van der Waals surface area contributed by atoms with Gasteiger partial charge in [0, 0.05) is 31.2 Å². The summed E-state index contributed by atoms with van der Waals surface area (Å²) >= 11 is 0. The highest BCUT2D eigenvalue weighted by molar-refractivity contribution is 7.89. The van der Waals surface area contributed by atoms with Crippen LogP contribution in [-0.4, -0.2) is 54.3 Å². The zero-order chi connectivity index (χ0) is 15.1. The molecule has 2 fully saturated rings. The number of aromatic amines is 1. The molecule has 0 unspecified atom stereocenters. The Morgan fingerprint density at radius 2 is 2.29 bits per heavy atom. The van der Waals surface area contributed by atoms with Crippen LogP contribution in [0.4, 0.5) is 0 Å². The molecule has 2 N–H and O–H groups in total. The van der Waals surface area contributed by atoms with Crippen LogP contribution < -0.4 is 5.32 Å². The molecule has 0 aromatic carbocycles.